The number of methoxy groups -OCH3 is 2. The van der Waals surface area contributed by atoms with Crippen molar-refractivity contribution in [2.24, 2.45) is 0 Å². The van der Waals surface area contributed by atoms with E-state index >= 15 is 0 Å². The van der Waals surface area contributed by atoms with Crippen LogP contribution in [-0.4, -0.2) is 35.0 Å². The molecule has 0 atom stereocenters. The normalized spacial score (nSPS) is 10.4. The van der Waals surface area contributed by atoms with Crippen molar-refractivity contribution in [2.75, 3.05) is 14.2 Å². The number of rotatable bonds is 8. The Bertz CT molecular complexity index is 912. The molecular weight excluding hydrogens is 358 g/mol. The molecule has 3 rings (SSSR count). The Kier molecular flexibility index (Phi) is 6.46. The van der Waals surface area contributed by atoms with E-state index in [1.165, 1.54) is 6.33 Å². The predicted octanol–water partition coefficient (Wildman–Crippen LogP) is 2.34. The molecule has 8 nitrogen and oxygen atoms in total. The zero-order valence-corrected chi connectivity index (χ0v) is 15.9. The second-order valence-electron chi connectivity index (χ2n) is 6.14. The molecule has 3 aromatic rings. The number of ether oxygens (including phenoxy) is 2. The first-order valence-corrected chi connectivity index (χ1v) is 8.81. The van der Waals surface area contributed by atoms with Gasteiger partial charge in [-0.2, -0.15) is 5.10 Å². The highest BCUT2D eigenvalue weighted by Crippen LogP contribution is 2.27. The van der Waals surface area contributed by atoms with Crippen LogP contribution in [0.4, 0.5) is 4.79 Å². The predicted molar refractivity (Wildman–Crippen MR) is 104 cm³/mol. The molecule has 0 saturated heterocycles. The van der Waals surface area contributed by atoms with Gasteiger partial charge < -0.3 is 20.1 Å². The Morgan fingerprint density at radius 2 is 1.68 bits per heavy atom. The molecule has 28 heavy (non-hydrogen) atoms. The highest BCUT2D eigenvalue weighted by atomic mass is 16.5. The second-order valence-corrected chi connectivity index (χ2v) is 6.14. The van der Waals surface area contributed by atoms with Gasteiger partial charge in [-0.25, -0.2) is 14.5 Å². The van der Waals surface area contributed by atoms with Gasteiger partial charge in [0.15, 0.2) is 11.5 Å². The SMILES string of the molecule is COc1ccc(CNC(=O)NCc2cccc(Cn3cncn3)c2)cc1OC. The van der Waals surface area contributed by atoms with Gasteiger partial charge in [0.2, 0.25) is 0 Å². The van der Waals surface area contributed by atoms with Crippen molar-refractivity contribution in [3.8, 4) is 11.5 Å². The third-order valence-electron chi connectivity index (χ3n) is 4.16. The minimum absolute atomic E-state index is 0.239. The van der Waals surface area contributed by atoms with Gasteiger partial charge >= 0.3 is 6.03 Å². The average Bonchev–Trinajstić information content (AvgIpc) is 3.23. The summed E-state index contributed by atoms with van der Waals surface area (Å²) in [5, 5.41) is 9.81. The lowest BCUT2D eigenvalue weighted by atomic mass is 10.1. The van der Waals surface area contributed by atoms with E-state index in [2.05, 4.69) is 20.7 Å². The number of carbonyl (C=O) groups is 1. The monoisotopic (exact) mass is 381 g/mol. The van der Waals surface area contributed by atoms with Crippen LogP contribution in [0, 0.1) is 0 Å². The molecule has 0 aliphatic carbocycles. The molecule has 2 amide bonds. The summed E-state index contributed by atoms with van der Waals surface area (Å²) in [5.74, 6) is 1.29. The minimum Gasteiger partial charge on any atom is -0.493 e. The number of hydrogen-bond donors (Lipinski definition) is 2. The van der Waals surface area contributed by atoms with E-state index in [9.17, 15) is 4.79 Å². The maximum Gasteiger partial charge on any atom is 0.315 e. The zero-order valence-electron chi connectivity index (χ0n) is 15.9. The summed E-state index contributed by atoms with van der Waals surface area (Å²) in [6, 6.07) is 13.3. The summed E-state index contributed by atoms with van der Waals surface area (Å²) in [6.45, 7) is 1.46. The number of nitrogens with zero attached hydrogens (tertiary/aromatic N) is 3. The first kappa shape index (κ1) is 19.2. The van der Waals surface area contributed by atoms with Crippen molar-refractivity contribution in [2.45, 2.75) is 19.6 Å². The quantitative estimate of drug-likeness (QED) is 0.625. The van der Waals surface area contributed by atoms with Gasteiger partial charge in [0.05, 0.1) is 20.8 Å². The summed E-state index contributed by atoms with van der Waals surface area (Å²) in [7, 11) is 3.17. The molecule has 2 aromatic carbocycles. The number of nitrogens with one attached hydrogen (secondary N) is 2. The summed E-state index contributed by atoms with van der Waals surface area (Å²) >= 11 is 0. The Balaban J connectivity index is 1.49. The van der Waals surface area contributed by atoms with Crippen LogP contribution in [0.2, 0.25) is 0 Å². The van der Waals surface area contributed by atoms with E-state index < -0.39 is 0 Å². The van der Waals surface area contributed by atoms with Crippen molar-refractivity contribution >= 4 is 6.03 Å². The third kappa shape index (κ3) is 5.23. The smallest absolute Gasteiger partial charge is 0.315 e. The maximum absolute atomic E-state index is 12.1. The Hall–Kier alpha value is -3.55. The number of amides is 2. The molecule has 146 valence electrons. The largest absolute Gasteiger partial charge is 0.493 e. The summed E-state index contributed by atoms with van der Waals surface area (Å²) in [5.41, 5.74) is 3.03. The average molecular weight is 381 g/mol. The van der Waals surface area contributed by atoms with Crippen LogP contribution >= 0.6 is 0 Å². The van der Waals surface area contributed by atoms with Crippen molar-refractivity contribution in [3.05, 3.63) is 71.8 Å². The number of hydrogen-bond acceptors (Lipinski definition) is 5. The van der Waals surface area contributed by atoms with Gasteiger partial charge in [0, 0.05) is 13.1 Å². The van der Waals surface area contributed by atoms with Gasteiger partial charge in [-0.1, -0.05) is 30.3 Å². The third-order valence-corrected chi connectivity index (χ3v) is 4.16. The number of aromatic nitrogens is 3. The fourth-order valence-electron chi connectivity index (χ4n) is 2.76. The lowest BCUT2D eigenvalue weighted by Gasteiger charge is -2.11. The molecule has 2 N–H and O–H groups in total. The molecule has 0 spiro atoms. The summed E-state index contributed by atoms with van der Waals surface area (Å²) in [4.78, 5) is 16.0. The zero-order chi connectivity index (χ0) is 19.8. The van der Waals surface area contributed by atoms with Crippen LogP contribution < -0.4 is 20.1 Å². The Morgan fingerprint density at radius 3 is 2.36 bits per heavy atom. The molecule has 0 aliphatic heterocycles. The van der Waals surface area contributed by atoms with Gasteiger partial charge in [-0.3, -0.25) is 0 Å². The fraction of sp³-hybridized carbons (Fsp3) is 0.250. The van der Waals surface area contributed by atoms with E-state index in [1.54, 1.807) is 25.2 Å². The van der Waals surface area contributed by atoms with Crippen molar-refractivity contribution in [1.29, 1.82) is 0 Å². The first-order valence-electron chi connectivity index (χ1n) is 8.81. The molecule has 0 aliphatic rings. The van der Waals surface area contributed by atoms with E-state index in [0.717, 1.165) is 16.7 Å². The highest BCUT2D eigenvalue weighted by Gasteiger charge is 2.06. The molecule has 0 bridgehead atoms. The highest BCUT2D eigenvalue weighted by molar-refractivity contribution is 5.73. The molecule has 1 aromatic heterocycles. The molecular formula is C20H23N5O3. The molecule has 0 unspecified atom stereocenters. The summed E-state index contributed by atoms with van der Waals surface area (Å²) < 4.78 is 12.2. The van der Waals surface area contributed by atoms with Crippen molar-refractivity contribution in [1.82, 2.24) is 25.4 Å². The van der Waals surface area contributed by atoms with Gasteiger partial charge in [-0.15, -0.1) is 0 Å². The standard InChI is InChI=1S/C20H23N5O3/c1-27-18-7-6-16(9-19(18)28-2)11-23-20(26)22-10-15-4-3-5-17(8-15)12-25-14-21-13-24-25/h3-9,13-14H,10-12H2,1-2H3,(H2,22,23,26). The van der Waals surface area contributed by atoms with E-state index in [0.29, 0.717) is 31.1 Å². The molecule has 1 heterocycles. The van der Waals surface area contributed by atoms with Crippen LogP contribution in [0.15, 0.2) is 55.1 Å². The van der Waals surface area contributed by atoms with Gasteiger partial charge in [-0.05, 0) is 28.8 Å². The maximum atomic E-state index is 12.1. The molecule has 0 saturated carbocycles. The minimum atomic E-state index is -0.239. The Morgan fingerprint density at radius 1 is 0.964 bits per heavy atom. The van der Waals surface area contributed by atoms with E-state index in [4.69, 9.17) is 9.47 Å². The molecule has 0 radical (unpaired) electrons. The lowest BCUT2D eigenvalue weighted by Crippen LogP contribution is -2.34. The molecule has 0 fully saturated rings. The Labute approximate surface area is 163 Å². The van der Waals surface area contributed by atoms with Crippen LogP contribution in [0.1, 0.15) is 16.7 Å². The number of urea groups is 1. The first-order chi connectivity index (χ1) is 13.7. The van der Waals surface area contributed by atoms with Crippen LogP contribution in [0.25, 0.3) is 0 Å². The van der Waals surface area contributed by atoms with E-state index in [1.807, 2.05) is 42.5 Å². The lowest BCUT2D eigenvalue weighted by molar-refractivity contribution is 0.240. The second kappa shape index (κ2) is 9.40. The van der Waals surface area contributed by atoms with E-state index in [-0.39, 0.29) is 6.03 Å². The fourth-order valence-corrected chi connectivity index (χ4v) is 2.76. The topological polar surface area (TPSA) is 90.3 Å². The van der Waals surface area contributed by atoms with Crippen LogP contribution in [0.3, 0.4) is 0 Å². The van der Waals surface area contributed by atoms with Gasteiger partial charge in [0.25, 0.3) is 0 Å². The van der Waals surface area contributed by atoms with Gasteiger partial charge in [0.1, 0.15) is 12.7 Å². The molecule has 8 heteroatoms. The number of carbonyl (C=O) groups excluding carboxylic acids is 1. The van der Waals surface area contributed by atoms with Crippen LogP contribution in [-0.2, 0) is 19.6 Å². The number of benzene rings is 2. The van der Waals surface area contributed by atoms with Crippen LogP contribution in [0.5, 0.6) is 11.5 Å². The van der Waals surface area contributed by atoms with Crippen molar-refractivity contribution in [3.63, 3.8) is 0 Å². The summed E-state index contributed by atoms with van der Waals surface area (Å²) in [6.07, 6.45) is 3.18. The van der Waals surface area contributed by atoms with Crippen molar-refractivity contribution < 1.29 is 14.3 Å².